The highest BCUT2D eigenvalue weighted by atomic mass is 35.5. The van der Waals surface area contributed by atoms with Crippen LogP contribution in [0.25, 0.3) is 0 Å². The third-order valence-corrected chi connectivity index (χ3v) is 5.73. The molecule has 0 unspecified atom stereocenters. The fourth-order valence-corrected chi connectivity index (χ4v) is 4.14. The third kappa shape index (κ3) is 4.19. The van der Waals surface area contributed by atoms with Gasteiger partial charge in [0.1, 0.15) is 5.15 Å². The predicted octanol–water partition coefficient (Wildman–Crippen LogP) is 2.40. The summed E-state index contributed by atoms with van der Waals surface area (Å²) in [6, 6.07) is 9.38. The molecule has 0 aliphatic carbocycles. The Bertz CT molecular complexity index is 942. The molecule has 3 N–H and O–H groups in total. The van der Waals surface area contributed by atoms with Gasteiger partial charge in [-0.15, -0.1) is 0 Å². The molecule has 2 heterocycles. The number of likely N-dealkylation sites (tertiary alicyclic amines) is 1. The molecule has 160 valence electrons. The molecule has 0 radical (unpaired) electrons. The number of aliphatic hydroxyl groups is 1. The number of β-amino-alcohol motifs (C(OH)–C–C–N with tert-alkyl or cyclic N) is 1. The first-order chi connectivity index (χ1) is 14.3. The molecule has 0 bridgehead atoms. The van der Waals surface area contributed by atoms with Crippen molar-refractivity contribution in [3.8, 4) is 0 Å². The summed E-state index contributed by atoms with van der Waals surface area (Å²) in [6.07, 6.45) is 1.40. The summed E-state index contributed by atoms with van der Waals surface area (Å²) in [5.74, 6) is -0.322. The molecular formula is C22H27ClN4O3. The fraction of sp³-hybridized carbons (Fsp3) is 0.409. The Morgan fingerprint density at radius 1 is 1.30 bits per heavy atom. The van der Waals surface area contributed by atoms with Gasteiger partial charge >= 0.3 is 0 Å². The van der Waals surface area contributed by atoms with E-state index in [4.69, 9.17) is 11.6 Å². The number of amides is 2. The Balaban J connectivity index is 1.99. The van der Waals surface area contributed by atoms with Gasteiger partial charge in [-0.05, 0) is 23.1 Å². The van der Waals surface area contributed by atoms with Gasteiger partial charge in [0.05, 0.1) is 29.5 Å². The number of aromatic nitrogens is 1. The van der Waals surface area contributed by atoms with Crippen LogP contribution in [0, 0.1) is 0 Å². The second kappa shape index (κ2) is 9.12. The van der Waals surface area contributed by atoms with Crippen LogP contribution < -0.4 is 10.6 Å². The number of hydrogen-bond donors (Lipinski definition) is 3. The SMILES string of the molecule is CNC(=O)c1cc(Cl)ncc1NC(=O)C1(c2ccccc2C(C)C)CN(CCO)C1. The molecule has 1 aliphatic heterocycles. The van der Waals surface area contributed by atoms with Crippen LogP contribution in [-0.4, -0.2) is 60.1 Å². The number of rotatable bonds is 7. The Morgan fingerprint density at radius 3 is 2.63 bits per heavy atom. The van der Waals surface area contributed by atoms with Gasteiger partial charge in [0.15, 0.2) is 0 Å². The molecule has 2 aromatic rings. The molecule has 1 fully saturated rings. The summed E-state index contributed by atoms with van der Waals surface area (Å²) in [5.41, 5.74) is 1.86. The fourth-order valence-electron chi connectivity index (χ4n) is 3.98. The zero-order chi connectivity index (χ0) is 21.9. The summed E-state index contributed by atoms with van der Waals surface area (Å²) in [5, 5.41) is 14.9. The summed E-state index contributed by atoms with van der Waals surface area (Å²) >= 11 is 5.95. The van der Waals surface area contributed by atoms with Crippen LogP contribution >= 0.6 is 11.6 Å². The number of pyridine rings is 1. The van der Waals surface area contributed by atoms with Crippen molar-refractivity contribution >= 4 is 29.1 Å². The molecule has 30 heavy (non-hydrogen) atoms. The lowest BCUT2D eigenvalue weighted by Crippen LogP contribution is -2.65. The van der Waals surface area contributed by atoms with E-state index >= 15 is 0 Å². The minimum absolute atomic E-state index is 0.0332. The molecule has 0 spiro atoms. The summed E-state index contributed by atoms with van der Waals surface area (Å²) in [7, 11) is 1.52. The van der Waals surface area contributed by atoms with Crippen molar-refractivity contribution in [2.45, 2.75) is 25.2 Å². The monoisotopic (exact) mass is 430 g/mol. The summed E-state index contributed by atoms with van der Waals surface area (Å²) < 4.78 is 0. The van der Waals surface area contributed by atoms with Crippen LogP contribution in [0.15, 0.2) is 36.5 Å². The van der Waals surface area contributed by atoms with E-state index in [-0.39, 0.29) is 35.1 Å². The van der Waals surface area contributed by atoms with E-state index in [1.54, 1.807) is 0 Å². The van der Waals surface area contributed by atoms with Gasteiger partial charge in [-0.3, -0.25) is 14.5 Å². The first kappa shape index (κ1) is 22.2. The van der Waals surface area contributed by atoms with E-state index in [1.807, 2.05) is 29.2 Å². The predicted molar refractivity (Wildman–Crippen MR) is 117 cm³/mol. The maximum Gasteiger partial charge on any atom is 0.253 e. The Hall–Kier alpha value is -2.48. The maximum absolute atomic E-state index is 13.6. The molecule has 0 atom stereocenters. The molecule has 0 saturated carbocycles. The number of aliphatic hydroxyl groups excluding tert-OH is 1. The van der Waals surface area contributed by atoms with Crippen LogP contribution in [-0.2, 0) is 10.2 Å². The van der Waals surface area contributed by atoms with Gasteiger partial charge in [0.25, 0.3) is 5.91 Å². The van der Waals surface area contributed by atoms with Gasteiger partial charge in [0.2, 0.25) is 5.91 Å². The third-order valence-electron chi connectivity index (χ3n) is 5.53. The molecular weight excluding hydrogens is 404 g/mol. The molecule has 1 saturated heterocycles. The Kier molecular flexibility index (Phi) is 6.75. The molecule has 2 amide bonds. The van der Waals surface area contributed by atoms with E-state index in [0.29, 0.717) is 25.3 Å². The van der Waals surface area contributed by atoms with Crippen molar-refractivity contribution in [2.24, 2.45) is 0 Å². The van der Waals surface area contributed by atoms with Crippen molar-refractivity contribution in [1.29, 1.82) is 0 Å². The van der Waals surface area contributed by atoms with Crippen molar-refractivity contribution in [2.75, 3.05) is 38.6 Å². The zero-order valence-electron chi connectivity index (χ0n) is 17.4. The molecule has 7 nitrogen and oxygen atoms in total. The van der Waals surface area contributed by atoms with E-state index in [9.17, 15) is 14.7 Å². The number of hydrogen-bond acceptors (Lipinski definition) is 5. The van der Waals surface area contributed by atoms with Crippen LogP contribution in [0.3, 0.4) is 0 Å². The Labute approximate surface area is 181 Å². The molecule has 1 aromatic heterocycles. The number of halogens is 1. The zero-order valence-corrected chi connectivity index (χ0v) is 18.2. The smallest absolute Gasteiger partial charge is 0.253 e. The molecule has 3 rings (SSSR count). The van der Waals surface area contributed by atoms with E-state index in [1.165, 1.54) is 19.3 Å². The van der Waals surface area contributed by atoms with E-state index < -0.39 is 5.41 Å². The number of carbonyl (C=O) groups is 2. The molecule has 1 aliphatic rings. The number of carbonyl (C=O) groups excluding carboxylic acids is 2. The highest BCUT2D eigenvalue weighted by Crippen LogP contribution is 2.40. The van der Waals surface area contributed by atoms with Crippen molar-refractivity contribution in [3.05, 3.63) is 58.4 Å². The number of benzene rings is 1. The van der Waals surface area contributed by atoms with E-state index in [0.717, 1.165) is 11.1 Å². The highest BCUT2D eigenvalue weighted by molar-refractivity contribution is 6.30. The number of nitrogens with one attached hydrogen (secondary N) is 2. The van der Waals surface area contributed by atoms with Gasteiger partial charge in [-0.2, -0.15) is 0 Å². The Morgan fingerprint density at radius 2 is 2.00 bits per heavy atom. The number of nitrogens with zero attached hydrogens (tertiary/aromatic N) is 2. The topological polar surface area (TPSA) is 94.6 Å². The van der Waals surface area contributed by atoms with Crippen molar-refractivity contribution in [1.82, 2.24) is 15.2 Å². The summed E-state index contributed by atoms with van der Waals surface area (Å²) in [4.78, 5) is 31.9. The largest absolute Gasteiger partial charge is 0.395 e. The minimum Gasteiger partial charge on any atom is -0.395 e. The average molecular weight is 431 g/mol. The van der Waals surface area contributed by atoms with E-state index in [2.05, 4.69) is 29.5 Å². The minimum atomic E-state index is -0.782. The van der Waals surface area contributed by atoms with Gasteiger partial charge in [0, 0.05) is 26.7 Å². The standard InChI is InChI=1S/C22H27ClN4O3/c1-14(2)15-6-4-5-7-17(15)22(12-27(13-22)8-9-28)21(30)26-18-11-25-19(23)10-16(18)20(29)24-3/h4-7,10-11,14,28H,8-9,12-13H2,1-3H3,(H,24,29)(H,26,30). The lowest BCUT2D eigenvalue weighted by molar-refractivity contribution is -0.128. The lowest BCUT2D eigenvalue weighted by atomic mass is 9.69. The second-order valence-corrected chi connectivity index (χ2v) is 8.23. The highest BCUT2D eigenvalue weighted by Gasteiger charge is 2.51. The first-order valence-electron chi connectivity index (χ1n) is 9.94. The van der Waals surface area contributed by atoms with Gasteiger partial charge < -0.3 is 15.7 Å². The molecule has 1 aromatic carbocycles. The van der Waals surface area contributed by atoms with Gasteiger partial charge in [-0.1, -0.05) is 49.7 Å². The maximum atomic E-state index is 13.6. The number of anilines is 1. The summed E-state index contributed by atoms with van der Waals surface area (Å²) in [6.45, 7) is 5.71. The average Bonchev–Trinajstić information content (AvgIpc) is 2.71. The van der Waals surface area contributed by atoms with Crippen LogP contribution in [0.2, 0.25) is 5.15 Å². The van der Waals surface area contributed by atoms with Crippen molar-refractivity contribution < 1.29 is 14.7 Å². The first-order valence-corrected chi connectivity index (χ1v) is 10.3. The lowest BCUT2D eigenvalue weighted by Gasteiger charge is -2.50. The van der Waals surface area contributed by atoms with Crippen LogP contribution in [0.4, 0.5) is 5.69 Å². The van der Waals surface area contributed by atoms with Crippen LogP contribution in [0.1, 0.15) is 41.3 Å². The van der Waals surface area contributed by atoms with Crippen LogP contribution in [0.5, 0.6) is 0 Å². The second-order valence-electron chi connectivity index (χ2n) is 7.84. The normalized spacial score (nSPS) is 15.5. The van der Waals surface area contributed by atoms with Gasteiger partial charge in [-0.25, -0.2) is 4.98 Å². The van der Waals surface area contributed by atoms with Crippen molar-refractivity contribution in [3.63, 3.8) is 0 Å². The molecule has 8 heteroatoms. The quantitative estimate of drug-likeness (QED) is 0.586.